The van der Waals surface area contributed by atoms with Gasteiger partial charge in [0.25, 0.3) is 0 Å². The predicted molar refractivity (Wildman–Crippen MR) is 114 cm³/mol. The number of aryl methyl sites for hydroxylation is 3. The van der Waals surface area contributed by atoms with E-state index in [1.807, 2.05) is 18.5 Å². The Morgan fingerprint density at radius 3 is 2.75 bits per heavy atom. The van der Waals surface area contributed by atoms with E-state index in [0.717, 1.165) is 43.5 Å². The fraction of sp³-hybridized carbons (Fsp3) is 0.571. The molecule has 0 saturated carbocycles. The molecule has 0 spiro atoms. The molecule has 0 aliphatic carbocycles. The average Bonchev–Trinajstić information content (AvgIpc) is 2.97. The van der Waals surface area contributed by atoms with Gasteiger partial charge in [-0.15, -0.1) is 11.8 Å². The van der Waals surface area contributed by atoms with E-state index >= 15 is 0 Å². The molecule has 1 atom stereocenters. The zero-order chi connectivity index (χ0) is 19.9. The minimum atomic E-state index is 0.123. The van der Waals surface area contributed by atoms with Gasteiger partial charge in [-0.25, -0.2) is 9.67 Å². The van der Waals surface area contributed by atoms with Crippen LogP contribution in [0.5, 0.6) is 0 Å². The van der Waals surface area contributed by atoms with Crippen LogP contribution in [-0.4, -0.2) is 57.5 Å². The number of nitrogens with one attached hydrogen (secondary N) is 1. The topological polar surface area (TPSA) is 63.1 Å². The lowest BCUT2D eigenvalue weighted by atomic mass is 9.98. The quantitative estimate of drug-likeness (QED) is 0.544. The van der Waals surface area contributed by atoms with Gasteiger partial charge in [-0.2, -0.15) is 5.10 Å². The number of thioether (sulfide) groups is 1. The molecule has 1 aromatic carbocycles. The molecule has 1 unspecified atom stereocenters. The number of carbonyl (C=O) groups is 1. The molecule has 7 heteroatoms. The molecule has 1 N–H and O–H groups in total. The molecular weight excluding hydrogens is 370 g/mol. The molecule has 1 fully saturated rings. The number of hydrogen-bond donors (Lipinski definition) is 1. The van der Waals surface area contributed by atoms with Gasteiger partial charge >= 0.3 is 0 Å². The Morgan fingerprint density at radius 2 is 2.04 bits per heavy atom. The Kier molecular flexibility index (Phi) is 7.50. The Balaban J connectivity index is 1.36. The molecule has 3 rings (SSSR count). The molecular formula is C21H31N5OS. The maximum absolute atomic E-state index is 12.3. The van der Waals surface area contributed by atoms with Crippen molar-refractivity contribution in [1.82, 2.24) is 25.0 Å². The number of carbonyl (C=O) groups excluding carboxylic acids is 1. The molecule has 0 radical (unpaired) electrons. The van der Waals surface area contributed by atoms with E-state index in [1.165, 1.54) is 16.9 Å². The summed E-state index contributed by atoms with van der Waals surface area (Å²) >= 11 is 1.78. The van der Waals surface area contributed by atoms with E-state index in [4.69, 9.17) is 0 Å². The van der Waals surface area contributed by atoms with Gasteiger partial charge in [0.05, 0.1) is 6.54 Å². The van der Waals surface area contributed by atoms with E-state index in [-0.39, 0.29) is 5.91 Å². The van der Waals surface area contributed by atoms with Crippen molar-refractivity contribution in [3.05, 3.63) is 41.5 Å². The largest absolute Gasteiger partial charge is 0.354 e. The zero-order valence-electron chi connectivity index (χ0n) is 17.1. The number of amides is 1. The van der Waals surface area contributed by atoms with Crippen molar-refractivity contribution in [2.75, 3.05) is 31.9 Å². The van der Waals surface area contributed by atoms with Crippen molar-refractivity contribution >= 4 is 17.7 Å². The summed E-state index contributed by atoms with van der Waals surface area (Å²) in [6, 6.07) is 8.51. The van der Waals surface area contributed by atoms with Gasteiger partial charge in [0.2, 0.25) is 5.91 Å². The molecule has 0 bridgehead atoms. The molecule has 2 aromatic rings. The van der Waals surface area contributed by atoms with Gasteiger partial charge in [-0.3, -0.25) is 9.69 Å². The van der Waals surface area contributed by atoms with Crippen molar-refractivity contribution in [1.29, 1.82) is 0 Å². The van der Waals surface area contributed by atoms with Crippen molar-refractivity contribution in [2.24, 2.45) is 5.92 Å². The van der Waals surface area contributed by atoms with E-state index in [9.17, 15) is 4.79 Å². The van der Waals surface area contributed by atoms with E-state index in [1.54, 1.807) is 11.8 Å². The van der Waals surface area contributed by atoms with Crippen LogP contribution >= 0.6 is 11.8 Å². The highest BCUT2D eigenvalue weighted by molar-refractivity contribution is 7.99. The SMILES string of the molecule is Cc1ccc(SCCNC(=O)CN2CCCC(Cn3nc(C)nc3C)C2)cc1. The molecule has 1 aliphatic heterocycles. The number of nitrogens with zero attached hydrogens (tertiary/aromatic N) is 4. The van der Waals surface area contributed by atoms with Gasteiger partial charge in [-0.1, -0.05) is 17.7 Å². The first-order chi connectivity index (χ1) is 13.5. The minimum Gasteiger partial charge on any atom is -0.354 e. The third-order valence-corrected chi connectivity index (χ3v) is 6.09. The number of likely N-dealkylation sites (tertiary alicyclic amines) is 1. The highest BCUT2D eigenvalue weighted by Gasteiger charge is 2.22. The predicted octanol–water partition coefficient (Wildman–Crippen LogP) is 2.82. The summed E-state index contributed by atoms with van der Waals surface area (Å²) in [7, 11) is 0. The average molecular weight is 402 g/mol. The second-order valence-electron chi connectivity index (χ2n) is 7.64. The summed E-state index contributed by atoms with van der Waals surface area (Å²) < 4.78 is 2.01. The van der Waals surface area contributed by atoms with Crippen LogP contribution in [0, 0.1) is 26.7 Å². The molecule has 6 nitrogen and oxygen atoms in total. The molecule has 1 saturated heterocycles. The summed E-state index contributed by atoms with van der Waals surface area (Å²) in [5, 5.41) is 7.53. The number of piperidine rings is 1. The summed E-state index contributed by atoms with van der Waals surface area (Å²) in [4.78, 5) is 20.2. The van der Waals surface area contributed by atoms with E-state index < -0.39 is 0 Å². The van der Waals surface area contributed by atoms with E-state index in [0.29, 0.717) is 19.0 Å². The summed E-state index contributed by atoms with van der Waals surface area (Å²) in [6.45, 7) is 10.0. The van der Waals surface area contributed by atoms with Crippen LogP contribution in [-0.2, 0) is 11.3 Å². The fourth-order valence-electron chi connectivity index (χ4n) is 3.68. The van der Waals surface area contributed by atoms with Gasteiger partial charge < -0.3 is 5.32 Å². The maximum atomic E-state index is 12.3. The van der Waals surface area contributed by atoms with Crippen molar-refractivity contribution in [3.63, 3.8) is 0 Å². The first-order valence-electron chi connectivity index (χ1n) is 10.1. The smallest absolute Gasteiger partial charge is 0.234 e. The summed E-state index contributed by atoms with van der Waals surface area (Å²) in [6.07, 6.45) is 2.32. The molecule has 152 valence electrons. The van der Waals surface area contributed by atoms with Gasteiger partial charge in [0.1, 0.15) is 11.6 Å². The van der Waals surface area contributed by atoms with Crippen molar-refractivity contribution in [3.8, 4) is 0 Å². The van der Waals surface area contributed by atoms with Gasteiger partial charge in [-0.05, 0) is 58.2 Å². The second kappa shape index (κ2) is 10.1. The van der Waals surface area contributed by atoms with Crippen molar-refractivity contribution < 1.29 is 4.79 Å². The van der Waals surface area contributed by atoms with Crippen LogP contribution < -0.4 is 5.32 Å². The first-order valence-corrected chi connectivity index (χ1v) is 11.0. The standard InChI is InChI=1S/C21H31N5OS/c1-16-6-8-20(9-7-16)28-12-10-22-21(27)15-25-11-4-5-19(13-25)14-26-18(3)23-17(2)24-26/h6-9,19H,4-5,10-15H2,1-3H3,(H,22,27). The second-order valence-corrected chi connectivity index (χ2v) is 8.81. The maximum Gasteiger partial charge on any atom is 0.234 e. The number of hydrogen-bond acceptors (Lipinski definition) is 5. The van der Waals surface area contributed by atoms with Crippen molar-refractivity contribution in [2.45, 2.75) is 45.1 Å². The fourth-order valence-corrected chi connectivity index (χ4v) is 4.44. The molecule has 1 aliphatic rings. The lowest BCUT2D eigenvalue weighted by Gasteiger charge is -2.32. The highest BCUT2D eigenvalue weighted by Crippen LogP contribution is 2.19. The molecule has 2 heterocycles. The van der Waals surface area contributed by atoms with Gasteiger partial charge in [0.15, 0.2) is 0 Å². The molecule has 1 amide bonds. The van der Waals surface area contributed by atoms with Crippen LogP contribution in [0.2, 0.25) is 0 Å². The summed E-state index contributed by atoms with van der Waals surface area (Å²) in [5.41, 5.74) is 1.27. The first kappa shape index (κ1) is 20.9. The third-order valence-electron chi connectivity index (χ3n) is 5.08. The third kappa shape index (κ3) is 6.34. The lowest BCUT2D eigenvalue weighted by molar-refractivity contribution is -0.122. The normalized spacial score (nSPS) is 17.6. The Bertz CT molecular complexity index is 774. The van der Waals surface area contributed by atoms with Crippen LogP contribution in [0.15, 0.2) is 29.2 Å². The number of aromatic nitrogens is 3. The van der Waals surface area contributed by atoms with Crippen LogP contribution in [0.4, 0.5) is 0 Å². The highest BCUT2D eigenvalue weighted by atomic mass is 32.2. The number of rotatable bonds is 8. The van der Waals surface area contributed by atoms with Crippen LogP contribution in [0.25, 0.3) is 0 Å². The van der Waals surface area contributed by atoms with E-state index in [2.05, 4.69) is 51.5 Å². The Hall–Kier alpha value is -1.86. The van der Waals surface area contributed by atoms with Gasteiger partial charge in [0, 0.05) is 30.3 Å². The number of benzene rings is 1. The molecule has 1 aromatic heterocycles. The zero-order valence-corrected chi connectivity index (χ0v) is 18.0. The summed E-state index contributed by atoms with van der Waals surface area (Å²) in [5.74, 6) is 3.34. The molecule has 28 heavy (non-hydrogen) atoms. The van der Waals surface area contributed by atoms with Crippen LogP contribution in [0.1, 0.15) is 30.1 Å². The monoisotopic (exact) mass is 401 g/mol. The van der Waals surface area contributed by atoms with Crippen LogP contribution in [0.3, 0.4) is 0 Å². The Labute approximate surface area is 172 Å². The minimum absolute atomic E-state index is 0.123. The Morgan fingerprint density at radius 1 is 1.25 bits per heavy atom. The lowest BCUT2D eigenvalue weighted by Crippen LogP contribution is -2.43.